The molecule has 122 valence electrons. The number of hydrogen-bond acceptors (Lipinski definition) is 3. The summed E-state index contributed by atoms with van der Waals surface area (Å²) in [5, 5.41) is 4.05. The van der Waals surface area contributed by atoms with Crippen molar-refractivity contribution in [3.8, 4) is 0 Å². The van der Waals surface area contributed by atoms with Gasteiger partial charge in [0.15, 0.2) is 0 Å². The molecule has 0 saturated carbocycles. The molecule has 0 unspecified atom stereocenters. The summed E-state index contributed by atoms with van der Waals surface area (Å²) in [6.45, 7) is 2.00. The molecule has 3 aromatic rings. The Labute approximate surface area is 158 Å². The average Bonchev–Trinajstić information content (AvgIpc) is 3.10. The van der Waals surface area contributed by atoms with Gasteiger partial charge in [-0.25, -0.2) is 4.98 Å². The summed E-state index contributed by atoms with van der Waals surface area (Å²) in [6.07, 6.45) is 1.89. The van der Waals surface area contributed by atoms with Crippen molar-refractivity contribution in [3.05, 3.63) is 68.4 Å². The zero-order chi connectivity index (χ0) is 16.8. The topological polar surface area (TPSA) is 20.5 Å². The van der Waals surface area contributed by atoms with Crippen LogP contribution in [-0.2, 0) is 0 Å². The highest BCUT2D eigenvalue weighted by molar-refractivity contribution is 8.02. The second-order valence-corrected chi connectivity index (χ2v) is 7.55. The van der Waals surface area contributed by atoms with Gasteiger partial charge in [-0.1, -0.05) is 34.8 Å². The van der Waals surface area contributed by atoms with Crippen LogP contribution in [0, 0.1) is 6.92 Å². The van der Waals surface area contributed by atoms with Crippen LogP contribution in [0.25, 0.3) is 11.3 Å². The number of benzene rings is 1. The predicted molar refractivity (Wildman–Crippen MR) is 104 cm³/mol. The van der Waals surface area contributed by atoms with Gasteiger partial charge in [0.05, 0.1) is 38.7 Å². The Morgan fingerprint density at radius 1 is 1.08 bits per heavy atom. The fourth-order valence-corrected chi connectivity index (χ4v) is 4.42. The van der Waals surface area contributed by atoms with Crippen LogP contribution in [0.5, 0.6) is 0 Å². The molecule has 1 aromatic carbocycles. The molecule has 0 fully saturated rings. The minimum absolute atomic E-state index is 0.624. The van der Waals surface area contributed by atoms with Gasteiger partial charge >= 0.3 is 0 Å². The predicted octanol–water partition coefficient (Wildman–Crippen LogP) is 6.11. The van der Waals surface area contributed by atoms with Gasteiger partial charge in [0.2, 0.25) is 0 Å². The highest BCUT2D eigenvalue weighted by atomic mass is 35.5. The van der Waals surface area contributed by atoms with Crippen molar-refractivity contribution in [1.82, 2.24) is 9.38 Å². The van der Waals surface area contributed by atoms with E-state index < -0.39 is 0 Å². The molecule has 24 heavy (non-hydrogen) atoms. The summed E-state index contributed by atoms with van der Waals surface area (Å²) in [7, 11) is 0. The smallest absolute Gasteiger partial charge is 0.137 e. The standard InChI is InChI=1S/C17H12Cl3N3S/c1-10-17(22-7-12(19)3-5-16(22)21-10)15-8-24-9-23(15)14-4-2-11(18)6-13(14)20/h2-8H,9H2,1H3. The molecule has 0 spiro atoms. The van der Waals surface area contributed by atoms with Crippen molar-refractivity contribution in [3.63, 3.8) is 0 Å². The maximum absolute atomic E-state index is 6.41. The molecule has 1 aliphatic rings. The number of imidazole rings is 1. The Kier molecular flexibility index (Phi) is 4.17. The Morgan fingerprint density at radius 2 is 1.88 bits per heavy atom. The van der Waals surface area contributed by atoms with Gasteiger partial charge in [-0.15, -0.1) is 11.8 Å². The summed E-state index contributed by atoms with van der Waals surface area (Å²) in [6, 6.07) is 9.31. The lowest BCUT2D eigenvalue weighted by Crippen LogP contribution is -2.18. The monoisotopic (exact) mass is 395 g/mol. The van der Waals surface area contributed by atoms with E-state index in [4.69, 9.17) is 34.8 Å². The van der Waals surface area contributed by atoms with Crippen molar-refractivity contribution < 1.29 is 0 Å². The number of rotatable bonds is 2. The molecule has 1 aliphatic heterocycles. The summed E-state index contributed by atoms with van der Waals surface area (Å²) in [4.78, 5) is 6.80. The van der Waals surface area contributed by atoms with Gasteiger partial charge in [0.25, 0.3) is 0 Å². The van der Waals surface area contributed by atoms with Gasteiger partial charge in [0, 0.05) is 11.2 Å². The Morgan fingerprint density at radius 3 is 2.67 bits per heavy atom. The summed E-state index contributed by atoms with van der Waals surface area (Å²) < 4.78 is 2.02. The number of anilines is 1. The first kappa shape index (κ1) is 16.2. The first-order valence-electron chi connectivity index (χ1n) is 7.23. The second-order valence-electron chi connectivity index (χ2n) is 5.44. The lowest BCUT2D eigenvalue weighted by atomic mass is 10.2. The molecule has 3 nitrogen and oxygen atoms in total. The van der Waals surface area contributed by atoms with E-state index in [9.17, 15) is 0 Å². The fourth-order valence-electron chi connectivity index (χ4n) is 2.85. The molecular formula is C17H12Cl3N3S. The highest BCUT2D eigenvalue weighted by Crippen LogP contribution is 2.40. The van der Waals surface area contributed by atoms with Crippen molar-refractivity contribution >= 4 is 63.6 Å². The molecule has 7 heteroatoms. The van der Waals surface area contributed by atoms with Gasteiger partial charge in [0.1, 0.15) is 5.65 Å². The number of halogens is 3. The number of hydrogen-bond donors (Lipinski definition) is 0. The van der Waals surface area contributed by atoms with Gasteiger partial charge in [-0.3, -0.25) is 4.40 Å². The number of aryl methyl sites for hydroxylation is 1. The number of aromatic nitrogens is 2. The van der Waals surface area contributed by atoms with Crippen molar-refractivity contribution in [2.75, 3.05) is 10.8 Å². The number of pyridine rings is 1. The zero-order valence-corrected chi connectivity index (χ0v) is 15.7. The lowest BCUT2D eigenvalue weighted by molar-refractivity contribution is 1.10. The summed E-state index contributed by atoms with van der Waals surface area (Å²) in [5.74, 6) is 0.782. The first-order valence-corrected chi connectivity index (χ1v) is 9.42. The first-order chi connectivity index (χ1) is 11.5. The van der Waals surface area contributed by atoms with Crippen LogP contribution >= 0.6 is 46.6 Å². The number of fused-ring (bicyclic) bond motifs is 1. The molecule has 2 aromatic heterocycles. The van der Waals surface area contributed by atoms with E-state index in [1.807, 2.05) is 41.8 Å². The third-order valence-corrected chi connectivity index (χ3v) is 5.45. The molecule has 0 saturated heterocycles. The second kappa shape index (κ2) is 6.19. The van der Waals surface area contributed by atoms with Crippen LogP contribution in [0.1, 0.15) is 11.4 Å². The van der Waals surface area contributed by atoms with Crippen molar-refractivity contribution in [1.29, 1.82) is 0 Å². The summed E-state index contributed by atoms with van der Waals surface area (Å²) in [5.41, 5.74) is 4.81. The van der Waals surface area contributed by atoms with E-state index in [2.05, 4.69) is 15.3 Å². The van der Waals surface area contributed by atoms with E-state index in [1.54, 1.807) is 17.8 Å². The van der Waals surface area contributed by atoms with Gasteiger partial charge in [-0.2, -0.15) is 0 Å². The van der Waals surface area contributed by atoms with E-state index in [0.717, 1.165) is 34.3 Å². The largest absolute Gasteiger partial charge is 0.328 e. The summed E-state index contributed by atoms with van der Waals surface area (Å²) >= 11 is 20.3. The zero-order valence-electron chi connectivity index (χ0n) is 12.6. The third kappa shape index (κ3) is 2.68. The fraction of sp³-hybridized carbons (Fsp3) is 0.118. The molecule has 0 aliphatic carbocycles. The lowest BCUT2D eigenvalue weighted by Gasteiger charge is -2.23. The molecule has 0 atom stereocenters. The average molecular weight is 397 g/mol. The Hall–Kier alpha value is -1.33. The SMILES string of the molecule is Cc1nc2ccc(Cl)cn2c1C1=CSCN1c1ccc(Cl)cc1Cl. The van der Waals surface area contributed by atoms with Crippen LogP contribution in [0.15, 0.2) is 41.9 Å². The van der Waals surface area contributed by atoms with Crippen LogP contribution in [0.3, 0.4) is 0 Å². The van der Waals surface area contributed by atoms with Crippen molar-refractivity contribution in [2.45, 2.75) is 6.92 Å². The molecule has 0 amide bonds. The van der Waals surface area contributed by atoms with E-state index >= 15 is 0 Å². The maximum Gasteiger partial charge on any atom is 0.137 e. The van der Waals surface area contributed by atoms with Crippen LogP contribution < -0.4 is 4.90 Å². The third-order valence-electron chi connectivity index (χ3n) is 3.89. The molecule has 4 rings (SSSR count). The normalized spacial score (nSPS) is 14.5. The minimum Gasteiger partial charge on any atom is -0.328 e. The molecule has 0 radical (unpaired) electrons. The molecular weight excluding hydrogens is 385 g/mol. The molecule has 3 heterocycles. The van der Waals surface area contributed by atoms with Crippen LogP contribution in [0.4, 0.5) is 5.69 Å². The number of thioether (sulfide) groups is 1. The van der Waals surface area contributed by atoms with E-state index in [0.29, 0.717) is 15.1 Å². The highest BCUT2D eigenvalue weighted by Gasteiger charge is 2.25. The number of nitrogens with zero attached hydrogens (tertiary/aromatic N) is 3. The van der Waals surface area contributed by atoms with Gasteiger partial charge in [-0.05, 0) is 42.7 Å². The minimum atomic E-state index is 0.624. The molecule has 0 bridgehead atoms. The quantitative estimate of drug-likeness (QED) is 0.521. The Bertz CT molecular complexity index is 981. The Balaban J connectivity index is 1.87. The van der Waals surface area contributed by atoms with Crippen LogP contribution in [0.2, 0.25) is 15.1 Å². The van der Waals surface area contributed by atoms with Crippen LogP contribution in [-0.4, -0.2) is 15.3 Å². The van der Waals surface area contributed by atoms with Crippen molar-refractivity contribution in [2.24, 2.45) is 0 Å². The molecule has 0 N–H and O–H groups in total. The van der Waals surface area contributed by atoms with Gasteiger partial charge < -0.3 is 4.90 Å². The van der Waals surface area contributed by atoms with E-state index in [-0.39, 0.29) is 0 Å². The van der Waals surface area contributed by atoms with E-state index in [1.165, 1.54) is 0 Å². The maximum atomic E-state index is 6.41.